The highest BCUT2D eigenvalue weighted by Gasteiger charge is 2.36. The molecule has 0 unspecified atom stereocenters. The second-order valence-corrected chi connectivity index (χ2v) is 10.9. The maximum absolute atomic E-state index is 13.2. The van der Waals surface area contributed by atoms with Crippen LogP contribution in [0.2, 0.25) is 0 Å². The van der Waals surface area contributed by atoms with Crippen molar-refractivity contribution >= 4 is 40.3 Å². The number of nitrogens with one attached hydrogen (secondary N) is 2. The smallest absolute Gasteiger partial charge is 0.322 e. The van der Waals surface area contributed by atoms with Crippen LogP contribution in [0.15, 0.2) is 40.9 Å². The minimum atomic E-state index is -0.386. The Morgan fingerprint density at radius 1 is 1.26 bits per heavy atom. The fourth-order valence-electron chi connectivity index (χ4n) is 5.17. The van der Waals surface area contributed by atoms with Gasteiger partial charge >= 0.3 is 6.03 Å². The van der Waals surface area contributed by atoms with Gasteiger partial charge in [-0.15, -0.1) is 11.3 Å². The molecule has 4 heterocycles. The Morgan fingerprint density at radius 2 is 2.00 bits per heavy atom. The molecule has 184 valence electrons. The summed E-state index contributed by atoms with van der Waals surface area (Å²) >= 11 is 1.48. The van der Waals surface area contributed by atoms with E-state index in [0.29, 0.717) is 36.6 Å². The summed E-state index contributed by atoms with van der Waals surface area (Å²) in [5.41, 5.74) is 9.64. The zero-order valence-corrected chi connectivity index (χ0v) is 20.9. The van der Waals surface area contributed by atoms with Gasteiger partial charge in [0.1, 0.15) is 5.69 Å². The number of amides is 3. The number of nitrogens with zero attached hydrogens (tertiary/aromatic N) is 4. The van der Waals surface area contributed by atoms with Crippen LogP contribution in [0, 0.1) is 10.8 Å². The van der Waals surface area contributed by atoms with Gasteiger partial charge in [0.2, 0.25) is 0 Å². The van der Waals surface area contributed by atoms with Crippen molar-refractivity contribution in [2.24, 2.45) is 11.1 Å². The van der Waals surface area contributed by atoms with Crippen molar-refractivity contribution in [3.8, 4) is 0 Å². The third-order valence-corrected chi connectivity index (χ3v) is 8.13. The van der Waals surface area contributed by atoms with E-state index in [1.165, 1.54) is 17.6 Å². The van der Waals surface area contributed by atoms with E-state index in [-0.39, 0.29) is 23.4 Å². The van der Waals surface area contributed by atoms with E-state index in [4.69, 9.17) is 11.1 Å². The highest BCUT2D eigenvalue weighted by Crippen LogP contribution is 2.33. The van der Waals surface area contributed by atoms with Crippen molar-refractivity contribution in [1.82, 2.24) is 14.8 Å². The fourth-order valence-corrected chi connectivity index (χ4v) is 6.02. The number of urea groups is 1. The molecule has 2 aromatic rings. The topological polar surface area (TPSA) is 119 Å². The van der Waals surface area contributed by atoms with Crippen LogP contribution in [0.4, 0.5) is 15.6 Å². The van der Waals surface area contributed by atoms with E-state index < -0.39 is 0 Å². The van der Waals surface area contributed by atoms with Gasteiger partial charge in [-0.05, 0) is 24.5 Å². The third-order valence-electron chi connectivity index (χ3n) is 7.23. The van der Waals surface area contributed by atoms with Crippen LogP contribution >= 0.6 is 11.3 Å². The van der Waals surface area contributed by atoms with Crippen LogP contribution in [0.25, 0.3) is 0 Å². The molecule has 0 atom stereocenters. The Balaban J connectivity index is 1.22. The van der Waals surface area contributed by atoms with Crippen LogP contribution in [0.3, 0.4) is 0 Å². The van der Waals surface area contributed by atoms with E-state index >= 15 is 0 Å². The van der Waals surface area contributed by atoms with Gasteiger partial charge in [-0.25, -0.2) is 9.78 Å². The molecule has 0 aliphatic carbocycles. The average Bonchev–Trinajstić information content (AvgIpc) is 3.35. The summed E-state index contributed by atoms with van der Waals surface area (Å²) in [5, 5.41) is 13.3. The van der Waals surface area contributed by atoms with Crippen LogP contribution < -0.4 is 16.0 Å². The Hall–Kier alpha value is -3.40. The predicted molar refractivity (Wildman–Crippen MR) is 138 cm³/mol. The third kappa shape index (κ3) is 4.38. The normalized spacial score (nSPS) is 20.5. The number of benzene rings is 1. The highest BCUT2D eigenvalue weighted by molar-refractivity contribution is 7.13. The van der Waals surface area contributed by atoms with Crippen LogP contribution in [0.1, 0.15) is 42.7 Å². The number of anilines is 2. The van der Waals surface area contributed by atoms with Gasteiger partial charge in [-0.3, -0.25) is 4.79 Å². The second kappa shape index (κ2) is 8.99. The molecule has 1 fully saturated rings. The maximum atomic E-state index is 13.2. The summed E-state index contributed by atoms with van der Waals surface area (Å²) in [5.74, 6) is -0.133. The summed E-state index contributed by atoms with van der Waals surface area (Å²) in [4.78, 5) is 36.4. The molecule has 3 aliphatic heterocycles. The van der Waals surface area contributed by atoms with Gasteiger partial charge in [-0.1, -0.05) is 32.0 Å². The van der Waals surface area contributed by atoms with Crippen molar-refractivity contribution in [3.05, 3.63) is 52.2 Å². The molecule has 4 N–H and O–H groups in total. The van der Waals surface area contributed by atoms with E-state index in [0.717, 1.165) is 42.3 Å². The molecule has 3 amide bonds. The summed E-state index contributed by atoms with van der Waals surface area (Å²) in [6.45, 7) is 7.00. The Labute approximate surface area is 209 Å². The zero-order valence-electron chi connectivity index (χ0n) is 20.1. The van der Waals surface area contributed by atoms with Crippen molar-refractivity contribution in [2.75, 3.05) is 36.4 Å². The summed E-state index contributed by atoms with van der Waals surface area (Å²) in [7, 11) is 0. The standard InChI is InChI=1S/C25H31N7O2S/c1-25(2)15-31(12-17(11-26)21(25)27)22(33)20-14-35-24(29-20)30-9-7-18(8-10-30)32-13-16-5-3-4-6-19(16)28-23(32)34/h3-6,11,14,18,26H,7-10,12-13,15,27H2,1-2H3,(H,28,34). The number of rotatable bonds is 4. The maximum Gasteiger partial charge on any atom is 0.322 e. The number of hydrogen-bond donors (Lipinski definition) is 3. The molecule has 5 rings (SSSR count). The molecule has 0 saturated carbocycles. The van der Waals surface area contributed by atoms with Gasteiger partial charge in [-0.2, -0.15) is 0 Å². The van der Waals surface area contributed by atoms with Gasteiger partial charge in [0.05, 0.1) is 0 Å². The number of carbonyl (C=O) groups excluding carboxylic acids is 2. The molecule has 0 spiro atoms. The lowest BCUT2D eigenvalue weighted by atomic mass is 9.83. The summed E-state index contributed by atoms with van der Waals surface area (Å²) in [6.07, 6.45) is 2.95. The SMILES string of the molecule is CC1(C)CN(C(=O)c2csc(N3CCC(N4Cc5ccccc5NC4=O)CC3)n2)CC(C=N)=C1N. The Bertz CT molecular complexity index is 1200. The summed E-state index contributed by atoms with van der Waals surface area (Å²) in [6, 6.07) is 8.08. The van der Waals surface area contributed by atoms with Gasteiger partial charge in [0, 0.05) is 72.7 Å². The lowest BCUT2D eigenvalue weighted by molar-refractivity contribution is 0.0700. The molecule has 1 saturated heterocycles. The molecule has 35 heavy (non-hydrogen) atoms. The van der Waals surface area contributed by atoms with Crippen LogP contribution in [-0.4, -0.2) is 65.2 Å². The molecule has 3 aliphatic rings. The Morgan fingerprint density at radius 3 is 2.74 bits per heavy atom. The van der Waals surface area contributed by atoms with E-state index in [2.05, 4.69) is 21.3 Å². The first-order valence-electron chi connectivity index (χ1n) is 11.9. The number of hydrogen-bond acceptors (Lipinski definition) is 7. The number of piperidine rings is 1. The number of aromatic nitrogens is 1. The lowest BCUT2D eigenvalue weighted by Gasteiger charge is -2.40. The van der Waals surface area contributed by atoms with Gasteiger partial charge < -0.3 is 31.2 Å². The lowest BCUT2D eigenvalue weighted by Crippen LogP contribution is -2.50. The fraction of sp³-hybridized carbons (Fsp3) is 0.440. The van der Waals surface area contributed by atoms with E-state index in [1.54, 1.807) is 4.90 Å². The molecule has 0 bridgehead atoms. The minimum absolute atomic E-state index is 0.0345. The van der Waals surface area contributed by atoms with Crippen LogP contribution in [-0.2, 0) is 6.54 Å². The van der Waals surface area contributed by atoms with E-state index in [1.807, 2.05) is 42.3 Å². The van der Waals surface area contributed by atoms with Crippen molar-refractivity contribution in [3.63, 3.8) is 0 Å². The zero-order chi connectivity index (χ0) is 24.7. The number of nitrogens with two attached hydrogens (primary N) is 1. The average molecular weight is 494 g/mol. The number of fused-ring (bicyclic) bond motifs is 1. The van der Waals surface area contributed by atoms with Crippen molar-refractivity contribution < 1.29 is 9.59 Å². The number of carbonyl (C=O) groups is 2. The molecular weight excluding hydrogens is 462 g/mol. The molecule has 1 aromatic heterocycles. The second-order valence-electron chi connectivity index (χ2n) is 10.1. The molecule has 1 aromatic carbocycles. The molecule has 9 nitrogen and oxygen atoms in total. The van der Waals surface area contributed by atoms with Crippen molar-refractivity contribution in [2.45, 2.75) is 39.3 Å². The number of para-hydroxylation sites is 1. The highest BCUT2D eigenvalue weighted by atomic mass is 32.1. The van der Waals surface area contributed by atoms with Crippen LogP contribution in [0.5, 0.6) is 0 Å². The van der Waals surface area contributed by atoms with E-state index in [9.17, 15) is 9.59 Å². The molecular formula is C25H31N7O2S. The van der Waals surface area contributed by atoms with Crippen molar-refractivity contribution in [1.29, 1.82) is 5.41 Å². The molecule has 10 heteroatoms. The quantitative estimate of drug-likeness (QED) is 0.563. The largest absolute Gasteiger partial charge is 0.401 e. The predicted octanol–water partition coefficient (Wildman–Crippen LogP) is 3.50. The van der Waals surface area contributed by atoms with Gasteiger partial charge in [0.25, 0.3) is 5.91 Å². The summed E-state index contributed by atoms with van der Waals surface area (Å²) < 4.78 is 0. The monoisotopic (exact) mass is 493 g/mol. The first kappa shape index (κ1) is 23.3. The van der Waals surface area contributed by atoms with Gasteiger partial charge in [0.15, 0.2) is 5.13 Å². The molecule has 0 radical (unpaired) electrons. The minimum Gasteiger partial charge on any atom is -0.401 e. The first-order valence-corrected chi connectivity index (χ1v) is 12.8. The first-order chi connectivity index (χ1) is 16.8. The number of thiazole rings is 1. The Kier molecular flexibility index (Phi) is 6.00.